The number of carbonyl (C=O) groups excluding carboxylic acids is 1. The molecule has 3 rings (SSSR count). The molecule has 1 aliphatic rings. The van der Waals surface area contributed by atoms with E-state index in [4.69, 9.17) is 4.42 Å². The van der Waals surface area contributed by atoms with E-state index >= 15 is 0 Å². The van der Waals surface area contributed by atoms with Crippen molar-refractivity contribution in [2.45, 2.75) is 51.3 Å². The molecule has 1 aromatic heterocycles. The van der Waals surface area contributed by atoms with E-state index in [2.05, 4.69) is 29.1 Å². The number of carbonyl (C=O) groups is 1. The van der Waals surface area contributed by atoms with Crippen LogP contribution in [0.25, 0.3) is 0 Å². The molecule has 0 aliphatic heterocycles. The Bertz CT molecular complexity index is 1060. The Balaban J connectivity index is 1.82. The maximum atomic E-state index is 13.1. The molecule has 2 aromatic rings. The SMILES string of the molecule is Cc1c(C(=O)NCCC(C)C)oc2c1/C(=N/NS(=O)(=O)c1ccc(F)cc1)CCC2. The second-order valence-electron chi connectivity index (χ2n) is 7.75. The Labute approximate surface area is 175 Å². The summed E-state index contributed by atoms with van der Waals surface area (Å²) in [5.41, 5.74) is 1.84. The van der Waals surface area contributed by atoms with Crippen LogP contribution in [0.2, 0.25) is 0 Å². The summed E-state index contributed by atoms with van der Waals surface area (Å²) in [4.78, 5) is 14.6. The van der Waals surface area contributed by atoms with Gasteiger partial charge in [-0.3, -0.25) is 4.79 Å². The van der Waals surface area contributed by atoms with E-state index in [-0.39, 0.29) is 16.6 Å². The molecule has 1 aromatic carbocycles. The smallest absolute Gasteiger partial charge is 0.287 e. The largest absolute Gasteiger partial charge is 0.455 e. The van der Waals surface area contributed by atoms with E-state index in [9.17, 15) is 17.6 Å². The number of rotatable bonds is 7. The van der Waals surface area contributed by atoms with Gasteiger partial charge in [-0.2, -0.15) is 18.4 Å². The first kappa shape index (κ1) is 22.0. The molecule has 0 bridgehead atoms. The molecule has 1 aliphatic carbocycles. The molecule has 30 heavy (non-hydrogen) atoms. The average molecular weight is 436 g/mol. The molecule has 0 fully saturated rings. The lowest BCUT2D eigenvalue weighted by Crippen LogP contribution is -2.25. The van der Waals surface area contributed by atoms with Gasteiger partial charge in [0.2, 0.25) is 0 Å². The first-order valence-corrected chi connectivity index (χ1v) is 11.4. The molecule has 0 saturated carbocycles. The normalized spacial score (nSPS) is 15.3. The van der Waals surface area contributed by atoms with Crippen LogP contribution in [0.1, 0.15) is 60.6 Å². The third-order valence-electron chi connectivity index (χ3n) is 4.96. The minimum Gasteiger partial charge on any atom is -0.455 e. The van der Waals surface area contributed by atoms with E-state index in [1.165, 1.54) is 12.1 Å². The Kier molecular flexibility index (Phi) is 6.60. The van der Waals surface area contributed by atoms with Gasteiger partial charge in [0.25, 0.3) is 15.9 Å². The summed E-state index contributed by atoms with van der Waals surface area (Å²) in [5, 5.41) is 6.97. The van der Waals surface area contributed by atoms with Gasteiger partial charge in [0, 0.05) is 24.1 Å². The third kappa shape index (κ3) is 4.89. The van der Waals surface area contributed by atoms with Crippen LogP contribution in [0.15, 0.2) is 38.7 Å². The molecule has 2 N–H and O–H groups in total. The minimum atomic E-state index is -3.94. The first-order chi connectivity index (χ1) is 14.2. The monoisotopic (exact) mass is 435 g/mol. The van der Waals surface area contributed by atoms with Crippen molar-refractivity contribution in [3.8, 4) is 0 Å². The van der Waals surface area contributed by atoms with Crippen molar-refractivity contribution in [1.82, 2.24) is 10.1 Å². The summed E-state index contributed by atoms with van der Waals surface area (Å²) >= 11 is 0. The molecular weight excluding hydrogens is 409 g/mol. The van der Waals surface area contributed by atoms with Gasteiger partial charge in [0.05, 0.1) is 10.6 Å². The highest BCUT2D eigenvalue weighted by Gasteiger charge is 2.28. The first-order valence-electron chi connectivity index (χ1n) is 9.94. The lowest BCUT2D eigenvalue weighted by atomic mass is 9.93. The van der Waals surface area contributed by atoms with Crippen LogP contribution in [0, 0.1) is 18.7 Å². The molecular formula is C21H26FN3O4S. The maximum Gasteiger partial charge on any atom is 0.287 e. The second kappa shape index (κ2) is 8.99. The summed E-state index contributed by atoms with van der Waals surface area (Å²) in [5.74, 6) is 0.538. The standard InChI is InChI=1S/C21H26FN3O4S/c1-13(2)11-12-23-21(26)20-14(3)19-17(5-4-6-18(19)29-20)24-25-30(27,28)16-9-7-15(22)8-10-16/h7-10,13,25H,4-6,11-12H2,1-3H3,(H,23,26)/b24-17+. The topological polar surface area (TPSA) is 101 Å². The lowest BCUT2D eigenvalue weighted by molar-refractivity contribution is 0.0921. The van der Waals surface area contributed by atoms with E-state index in [1.54, 1.807) is 6.92 Å². The van der Waals surface area contributed by atoms with E-state index in [0.29, 0.717) is 47.9 Å². The number of hydrogen-bond acceptors (Lipinski definition) is 5. The Morgan fingerprint density at radius 2 is 1.93 bits per heavy atom. The van der Waals surface area contributed by atoms with Gasteiger partial charge in [-0.05, 0) is 56.4 Å². The van der Waals surface area contributed by atoms with Gasteiger partial charge in [-0.15, -0.1) is 0 Å². The van der Waals surface area contributed by atoms with Gasteiger partial charge in [-0.25, -0.2) is 4.39 Å². The predicted octanol–water partition coefficient (Wildman–Crippen LogP) is 3.52. The zero-order valence-electron chi connectivity index (χ0n) is 17.3. The number of nitrogens with zero attached hydrogens (tertiary/aromatic N) is 1. The summed E-state index contributed by atoms with van der Waals surface area (Å²) in [6.07, 6.45) is 2.79. The van der Waals surface area contributed by atoms with E-state index in [0.717, 1.165) is 25.0 Å². The van der Waals surface area contributed by atoms with Crippen LogP contribution in [0.4, 0.5) is 4.39 Å². The summed E-state index contributed by atoms with van der Waals surface area (Å²) < 4.78 is 43.7. The van der Waals surface area contributed by atoms with Gasteiger partial charge >= 0.3 is 0 Å². The fourth-order valence-corrected chi connectivity index (χ4v) is 4.16. The summed E-state index contributed by atoms with van der Waals surface area (Å²) in [7, 11) is -3.94. The average Bonchev–Trinajstić information content (AvgIpc) is 3.04. The van der Waals surface area contributed by atoms with Crippen LogP contribution < -0.4 is 10.1 Å². The number of fused-ring (bicyclic) bond motifs is 1. The molecule has 0 unspecified atom stereocenters. The maximum absolute atomic E-state index is 13.1. The number of hydrogen-bond donors (Lipinski definition) is 2. The van der Waals surface area contributed by atoms with Crippen LogP contribution in [-0.2, 0) is 16.4 Å². The van der Waals surface area contributed by atoms with Crippen molar-refractivity contribution in [1.29, 1.82) is 0 Å². The number of halogens is 1. The van der Waals surface area contributed by atoms with Crippen LogP contribution >= 0.6 is 0 Å². The highest BCUT2D eigenvalue weighted by molar-refractivity contribution is 7.89. The fourth-order valence-electron chi connectivity index (χ4n) is 3.33. The summed E-state index contributed by atoms with van der Waals surface area (Å²) in [6, 6.07) is 4.50. The van der Waals surface area contributed by atoms with Crippen molar-refractivity contribution in [2.24, 2.45) is 11.0 Å². The number of sulfonamides is 1. The number of amides is 1. The highest BCUT2D eigenvalue weighted by atomic mass is 32.2. The molecule has 1 heterocycles. The van der Waals surface area contributed by atoms with E-state index < -0.39 is 15.8 Å². The van der Waals surface area contributed by atoms with Crippen LogP contribution in [-0.4, -0.2) is 26.6 Å². The molecule has 0 atom stereocenters. The highest BCUT2D eigenvalue weighted by Crippen LogP contribution is 2.30. The minimum absolute atomic E-state index is 0.0848. The third-order valence-corrected chi connectivity index (χ3v) is 6.19. The van der Waals surface area contributed by atoms with Gasteiger partial charge in [-0.1, -0.05) is 13.8 Å². The Morgan fingerprint density at radius 1 is 1.23 bits per heavy atom. The van der Waals surface area contributed by atoms with Crippen LogP contribution in [0.3, 0.4) is 0 Å². The quantitative estimate of drug-likeness (QED) is 0.650. The zero-order valence-corrected chi connectivity index (χ0v) is 18.1. The molecule has 9 heteroatoms. The number of furan rings is 1. The zero-order chi connectivity index (χ0) is 21.9. The molecule has 1 amide bonds. The van der Waals surface area contributed by atoms with Crippen molar-refractivity contribution in [3.05, 3.63) is 52.7 Å². The van der Waals surface area contributed by atoms with Crippen molar-refractivity contribution < 1.29 is 22.0 Å². The summed E-state index contributed by atoms with van der Waals surface area (Å²) in [6.45, 7) is 6.49. The molecule has 0 spiro atoms. The van der Waals surface area contributed by atoms with Gasteiger partial charge < -0.3 is 9.73 Å². The number of benzene rings is 1. The second-order valence-corrected chi connectivity index (χ2v) is 9.41. The van der Waals surface area contributed by atoms with Gasteiger partial charge in [0.1, 0.15) is 11.6 Å². The van der Waals surface area contributed by atoms with Gasteiger partial charge in [0.15, 0.2) is 5.76 Å². The van der Waals surface area contributed by atoms with Crippen molar-refractivity contribution >= 4 is 21.6 Å². The molecule has 0 saturated heterocycles. The Morgan fingerprint density at radius 3 is 2.60 bits per heavy atom. The molecule has 162 valence electrons. The number of aryl methyl sites for hydroxylation is 1. The van der Waals surface area contributed by atoms with Crippen molar-refractivity contribution in [3.63, 3.8) is 0 Å². The van der Waals surface area contributed by atoms with Crippen LogP contribution in [0.5, 0.6) is 0 Å². The number of nitrogens with one attached hydrogen (secondary N) is 2. The number of hydrazone groups is 1. The predicted molar refractivity (Wildman–Crippen MR) is 111 cm³/mol. The Hall–Kier alpha value is -2.68. The molecule has 7 nitrogen and oxygen atoms in total. The van der Waals surface area contributed by atoms with E-state index in [1.807, 2.05) is 0 Å². The fraction of sp³-hybridized carbons (Fsp3) is 0.429. The van der Waals surface area contributed by atoms with Crippen molar-refractivity contribution in [2.75, 3.05) is 6.54 Å². The lowest BCUT2D eigenvalue weighted by Gasteiger charge is -2.14. The molecule has 0 radical (unpaired) electrons.